The number of rotatable bonds is 15. The summed E-state index contributed by atoms with van der Waals surface area (Å²) in [5, 5.41) is 10.6. The molecule has 0 aliphatic carbocycles. The van der Waals surface area contributed by atoms with E-state index in [0.29, 0.717) is 0 Å². The van der Waals surface area contributed by atoms with Crippen molar-refractivity contribution in [3.8, 4) is 0 Å². The summed E-state index contributed by atoms with van der Waals surface area (Å²) < 4.78 is 0. The van der Waals surface area contributed by atoms with Gasteiger partial charge in [0.2, 0.25) is 0 Å². The molecule has 0 saturated heterocycles. The van der Waals surface area contributed by atoms with E-state index in [-0.39, 0.29) is 0 Å². The SMILES string of the molecule is c1ccc(CCNCCCCNCCCNCCc2ccccc2)cc1. The topological polar surface area (TPSA) is 36.1 Å². The molecule has 0 fully saturated rings. The Labute approximate surface area is 159 Å². The summed E-state index contributed by atoms with van der Waals surface area (Å²) >= 11 is 0. The smallest absolute Gasteiger partial charge is 0.000834 e. The van der Waals surface area contributed by atoms with Gasteiger partial charge in [0.15, 0.2) is 0 Å². The van der Waals surface area contributed by atoms with Crippen molar-refractivity contribution in [3.63, 3.8) is 0 Å². The molecule has 3 heteroatoms. The van der Waals surface area contributed by atoms with Crippen LogP contribution in [0.3, 0.4) is 0 Å². The summed E-state index contributed by atoms with van der Waals surface area (Å²) in [5.41, 5.74) is 2.83. The lowest BCUT2D eigenvalue weighted by atomic mass is 10.1. The second-order valence-corrected chi connectivity index (χ2v) is 6.78. The molecule has 0 aromatic heterocycles. The van der Waals surface area contributed by atoms with Crippen LogP contribution < -0.4 is 16.0 Å². The van der Waals surface area contributed by atoms with Gasteiger partial charge in [-0.3, -0.25) is 0 Å². The quantitative estimate of drug-likeness (QED) is 0.430. The fourth-order valence-corrected chi connectivity index (χ4v) is 2.97. The first-order valence-corrected chi connectivity index (χ1v) is 10.1. The molecule has 3 N–H and O–H groups in total. The molecule has 142 valence electrons. The minimum absolute atomic E-state index is 1.07. The van der Waals surface area contributed by atoms with Crippen LogP contribution >= 0.6 is 0 Å². The van der Waals surface area contributed by atoms with Gasteiger partial charge in [-0.05, 0) is 82.5 Å². The highest BCUT2D eigenvalue weighted by Gasteiger charge is 1.94. The van der Waals surface area contributed by atoms with Gasteiger partial charge in [0.1, 0.15) is 0 Å². The molecule has 2 aromatic rings. The standard InChI is InChI=1S/C23H35N3/c1-3-10-22(11-4-1)14-20-25-17-8-7-16-24-18-9-19-26-21-15-23-12-5-2-6-13-23/h1-6,10-13,24-26H,7-9,14-21H2. The average molecular weight is 354 g/mol. The molecule has 2 aromatic carbocycles. The van der Waals surface area contributed by atoms with Crippen LogP contribution in [0.25, 0.3) is 0 Å². The maximum atomic E-state index is 3.54. The van der Waals surface area contributed by atoms with Crippen molar-refractivity contribution in [1.29, 1.82) is 0 Å². The molecule has 0 bridgehead atoms. The molecule has 2 rings (SSSR count). The van der Waals surface area contributed by atoms with Crippen molar-refractivity contribution in [3.05, 3.63) is 71.8 Å². The Morgan fingerprint density at radius 1 is 0.423 bits per heavy atom. The first kappa shape index (κ1) is 20.6. The lowest BCUT2D eigenvalue weighted by molar-refractivity contribution is 0.560. The first-order valence-electron chi connectivity index (χ1n) is 10.1. The van der Waals surface area contributed by atoms with Crippen molar-refractivity contribution in [2.45, 2.75) is 32.1 Å². The van der Waals surface area contributed by atoms with Crippen LogP contribution in [0, 0.1) is 0 Å². The fourth-order valence-electron chi connectivity index (χ4n) is 2.97. The molecule has 0 amide bonds. The second-order valence-electron chi connectivity index (χ2n) is 6.78. The molecular formula is C23H35N3. The van der Waals surface area contributed by atoms with Gasteiger partial charge in [-0.25, -0.2) is 0 Å². The number of hydrogen-bond acceptors (Lipinski definition) is 3. The Balaban J connectivity index is 1.28. The van der Waals surface area contributed by atoms with Gasteiger partial charge in [-0.2, -0.15) is 0 Å². The highest BCUT2D eigenvalue weighted by Crippen LogP contribution is 1.99. The number of hydrogen-bond donors (Lipinski definition) is 3. The van der Waals surface area contributed by atoms with E-state index in [4.69, 9.17) is 0 Å². The summed E-state index contributed by atoms with van der Waals surface area (Å²) in [6.07, 6.45) is 5.93. The predicted octanol–water partition coefficient (Wildman–Crippen LogP) is 3.41. The molecule has 0 spiro atoms. The molecule has 0 heterocycles. The van der Waals surface area contributed by atoms with Gasteiger partial charge < -0.3 is 16.0 Å². The lowest BCUT2D eigenvalue weighted by Gasteiger charge is -2.07. The minimum Gasteiger partial charge on any atom is -0.317 e. The van der Waals surface area contributed by atoms with Crippen LogP contribution in [0.4, 0.5) is 0 Å². The van der Waals surface area contributed by atoms with Crippen molar-refractivity contribution in [1.82, 2.24) is 16.0 Å². The van der Waals surface area contributed by atoms with Crippen molar-refractivity contribution in [2.24, 2.45) is 0 Å². The van der Waals surface area contributed by atoms with Crippen molar-refractivity contribution >= 4 is 0 Å². The Kier molecular flexibility index (Phi) is 11.5. The van der Waals surface area contributed by atoms with E-state index in [9.17, 15) is 0 Å². The maximum Gasteiger partial charge on any atom is -0.000834 e. The number of benzene rings is 2. The van der Waals surface area contributed by atoms with Gasteiger partial charge in [0, 0.05) is 0 Å². The van der Waals surface area contributed by atoms with E-state index in [0.717, 1.165) is 52.1 Å². The normalized spacial score (nSPS) is 10.9. The highest BCUT2D eigenvalue weighted by atomic mass is 14.9. The predicted molar refractivity (Wildman–Crippen MR) is 113 cm³/mol. The van der Waals surface area contributed by atoms with Crippen molar-refractivity contribution < 1.29 is 0 Å². The van der Waals surface area contributed by atoms with E-state index in [1.54, 1.807) is 0 Å². The summed E-state index contributed by atoms with van der Waals surface area (Å²) in [5.74, 6) is 0. The fraction of sp³-hybridized carbons (Fsp3) is 0.478. The third-order valence-corrected chi connectivity index (χ3v) is 4.53. The highest BCUT2D eigenvalue weighted by molar-refractivity contribution is 5.15. The summed E-state index contributed by atoms with van der Waals surface area (Å²) in [6.45, 7) is 6.60. The van der Waals surface area contributed by atoms with E-state index < -0.39 is 0 Å². The first-order chi connectivity index (χ1) is 12.9. The Hall–Kier alpha value is -1.68. The molecule has 0 saturated carbocycles. The average Bonchev–Trinajstić information content (AvgIpc) is 2.70. The zero-order valence-electron chi connectivity index (χ0n) is 16.1. The molecule has 0 radical (unpaired) electrons. The maximum absolute atomic E-state index is 3.54. The summed E-state index contributed by atoms with van der Waals surface area (Å²) in [6, 6.07) is 21.4. The molecule has 0 aliphatic heterocycles. The van der Waals surface area contributed by atoms with Gasteiger partial charge >= 0.3 is 0 Å². The molecule has 0 unspecified atom stereocenters. The molecule has 3 nitrogen and oxygen atoms in total. The van der Waals surface area contributed by atoms with Crippen LogP contribution in [0.1, 0.15) is 30.4 Å². The van der Waals surface area contributed by atoms with Crippen LogP contribution in [0.15, 0.2) is 60.7 Å². The van der Waals surface area contributed by atoms with E-state index >= 15 is 0 Å². The van der Waals surface area contributed by atoms with E-state index in [1.165, 1.54) is 30.4 Å². The Morgan fingerprint density at radius 2 is 0.808 bits per heavy atom. The van der Waals surface area contributed by atoms with Crippen LogP contribution in [-0.2, 0) is 12.8 Å². The van der Waals surface area contributed by atoms with Gasteiger partial charge in [-0.15, -0.1) is 0 Å². The molecule has 0 atom stereocenters. The largest absolute Gasteiger partial charge is 0.317 e. The lowest BCUT2D eigenvalue weighted by Crippen LogP contribution is -2.25. The van der Waals surface area contributed by atoms with E-state index in [1.807, 2.05) is 0 Å². The van der Waals surface area contributed by atoms with Gasteiger partial charge in [0.05, 0.1) is 0 Å². The van der Waals surface area contributed by atoms with Crippen LogP contribution in [0.5, 0.6) is 0 Å². The summed E-state index contributed by atoms with van der Waals surface area (Å²) in [7, 11) is 0. The molecular weight excluding hydrogens is 318 g/mol. The zero-order chi connectivity index (χ0) is 18.1. The van der Waals surface area contributed by atoms with Gasteiger partial charge in [-0.1, -0.05) is 60.7 Å². The minimum atomic E-state index is 1.07. The second kappa shape index (κ2) is 14.5. The van der Waals surface area contributed by atoms with E-state index in [2.05, 4.69) is 76.6 Å². The zero-order valence-corrected chi connectivity index (χ0v) is 16.1. The van der Waals surface area contributed by atoms with Gasteiger partial charge in [0.25, 0.3) is 0 Å². The third kappa shape index (κ3) is 10.3. The molecule has 26 heavy (non-hydrogen) atoms. The summed E-state index contributed by atoms with van der Waals surface area (Å²) in [4.78, 5) is 0. The third-order valence-electron chi connectivity index (χ3n) is 4.53. The van der Waals surface area contributed by atoms with Crippen molar-refractivity contribution in [2.75, 3.05) is 39.3 Å². The Morgan fingerprint density at radius 3 is 1.27 bits per heavy atom. The Bertz CT molecular complexity index is 490. The van der Waals surface area contributed by atoms with Crippen LogP contribution in [-0.4, -0.2) is 39.3 Å². The number of unbranched alkanes of at least 4 members (excludes halogenated alkanes) is 1. The monoisotopic (exact) mass is 353 g/mol. The molecule has 0 aliphatic rings. The van der Waals surface area contributed by atoms with Crippen LogP contribution in [0.2, 0.25) is 0 Å². The number of nitrogens with one attached hydrogen (secondary N) is 3.